The van der Waals surface area contributed by atoms with Crippen LogP contribution in [0.4, 0.5) is 5.69 Å². The molecule has 2 aromatic carbocycles. The van der Waals surface area contributed by atoms with Crippen molar-refractivity contribution in [1.29, 1.82) is 0 Å². The van der Waals surface area contributed by atoms with Crippen LogP contribution in [0.3, 0.4) is 0 Å². The first-order valence-electron chi connectivity index (χ1n) is 8.38. The molecule has 1 atom stereocenters. The van der Waals surface area contributed by atoms with E-state index in [-0.39, 0.29) is 5.91 Å². The summed E-state index contributed by atoms with van der Waals surface area (Å²) in [5.74, 6) is -0.0776. The Morgan fingerprint density at radius 3 is 2.39 bits per heavy atom. The minimum Gasteiger partial charge on any atom is -0.497 e. The van der Waals surface area contributed by atoms with E-state index in [1.54, 1.807) is 61.7 Å². The van der Waals surface area contributed by atoms with Crippen LogP contribution in [-0.2, 0) is 9.59 Å². The van der Waals surface area contributed by atoms with Crippen LogP contribution in [0.1, 0.15) is 12.5 Å². The molecule has 1 saturated heterocycles. The number of thioether (sulfide) groups is 1. The van der Waals surface area contributed by atoms with E-state index in [0.717, 1.165) is 11.3 Å². The number of carbonyl (C=O) groups excluding carboxylic acids is 1. The third kappa shape index (κ3) is 4.92. The average Bonchev–Trinajstić information content (AvgIpc) is 3.02. The number of aliphatic imine (C=N–C) groups is 1. The number of methoxy groups -OCH3 is 1. The molecule has 1 aliphatic rings. The third-order valence-electron chi connectivity index (χ3n) is 3.79. The number of carboxylic acid groups (broad SMARTS) is 1. The van der Waals surface area contributed by atoms with E-state index in [9.17, 15) is 9.59 Å². The highest BCUT2D eigenvalue weighted by molar-refractivity contribution is 8.18. The summed E-state index contributed by atoms with van der Waals surface area (Å²) in [4.78, 5) is 27.9. The molecule has 1 heterocycles. The molecule has 0 spiro atoms. The second kappa shape index (κ2) is 8.62. The summed E-state index contributed by atoms with van der Waals surface area (Å²) in [6.45, 7) is 1.46. The molecule has 0 radical (unpaired) electrons. The SMILES string of the molecule is COc1ccc(N=C2NC(=O)/C(=C/c3ccc(O[C@H](C)C(=O)O)cc3)S2)cc1. The van der Waals surface area contributed by atoms with Crippen LogP contribution >= 0.6 is 11.8 Å². The van der Waals surface area contributed by atoms with E-state index in [1.807, 2.05) is 0 Å². The van der Waals surface area contributed by atoms with Crippen molar-refractivity contribution in [1.82, 2.24) is 5.32 Å². The molecule has 1 amide bonds. The zero-order valence-corrected chi connectivity index (χ0v) is 16.0. The second-order valence-corrected chi connectivity index (χ2v) is 6.88. The molecule has 2 aromatic rings. The van der Waals surface area contributed by atoms with Crippen molar-refractivity contribution in [2.45, 2.75) is 13.0 Å². The summed E-state index contributed by atoms with van der Waals surface area (Å²) in [6, 6.07) is 14.0. The van der Waals surface area contributed by atoms with Crippen LogP contribution in [0, 0.1) is 0 Å². The Bertz CT molecular complexity index is 936. The fourth-order valence-electron chi connectivity index (χ4n) is 2.30. The predicted octanol–water partition coefficient (Wildman–Crippen LogP) is 3.44. The van der Waals surface area contributed by atoms with E-state index < -0.39 is 12.1 Å². The number of amides is 1. The Hall–Kier alpha value is -3.26. The molecule has 0 saturated carbocycles. The minimum atomic E-state index is -1.03. The molecule has 0 unspecified atom stereocenters. The van der Waals surface area contributed by atoms with Gasteiger partial charge in [0, 0.05) is 0 Å². The van der Waals surface area contributed by atoms with E-state index in [4.69, 9.17) is 14.6 Å². The van der Waals surface area contributed by atoms with Crippen LogP contribution in [-0.4, -0.2) is 35.4 Å². The number of benzene rings is 2. The van der Waals surface area contributed by atoms with Gasteiger partial charge in [0.1, 0.15) is 11.5 Å². The van der Waals surface area contributed by atoms with Gasteiger partial charge in [0.05, 0.1) is 17.7 Å². The van der Waals surface area contributed by atoms with Gasteiger partial charge >= 0.3 is 5.97 Å². The Kier molecular flexibility index (Phi) is 6.00. The van der Waals surface area contributed by atoms with Gasteiger partial charge < -0.3 is 19.9 Å². The predicted molar refractivity (Wildman–Crippen MR) is 108 cm³/mol. The zero-order valence-electron chi connectivity index (χ0n) is 15.2. The molecule has 0 aromatic heterocycles. The Balaban J connectivity index is 1.69. The van der Waals surface area contributed by atoms with Gasteiger partial charge in [-0.15, -0.1) is 0 Å². The first-order valence-corrected chi connectivity index (χ1v) is 9.19. The molecule has 144 valence electrons. The molecule has 7 nitrogen and oxygen atoms in total. The van der Waals surface area contributed by atoms with Crippen LogP contribution in [0.2, 0.25) is 0 Å². The Morgan fingerprint density at radius 1 is 1.14 bits per heavy atom. The lowest BCUT2D eigenvalue weighted by molar-refractivity contribution is -0.144. The number of hydrogen-bond acceptors (Lipinski definition) is 6. The van der Waals surface area contributed by atoms with Crippen molar-refractivity contribution in [3.8, 4) is 11.5 Å². The lowest BCUT2D eigenvalue weighted by atomic mass is 10.2. The highest BCUT2D eigenvalue weighted by Crippen LogP contribution is 2.29. The van der Waals surface area contributed by atoms with Gasteiger partial charge in [-0.1, -0.05) is 12.1 Å². The topological polar surface area (TPSA) is 97.2 Å². The third-order valence-corrected chi connectivity index (χ3v) is 4.70. The maximum Gasteiger partial charge on any atom is 0.344 e. The monoisotopic (exact) mass is 398 g/mol. The molecule has 0 bridgehead atoms. The summed E-state index contributed by atoms with van der Waals surface area (Å²) in [5.41, 5.74) is 1.50. The molecule has 0 aliphatic carbocycles. The second-order valence-electron chi connectivity index (χ2n) is 5.85. The standard InChI is InChI=1S/C20H18N2O5S/c1-12(19(24)25)27-16-7-3-13(4-8-16)11-17-18(23)22-20(28-17)21-14-5-9-15(26-2)10-6-14/h3-12H,1-2H3,(H,24,25)(H,21,22,23)/b17-11-/t12-/m1/s1. The molecule has 1 aliphatic heterocycles. The number of nitrogens with one attached hydrogen (secondary N) is 1. The summed E-state index contributed by atoms with van der Waals surface area (Å²) in [6.07, 6.45) is 0.804. The lowest BCUT2D eigenvalue weighted by Gasteiger charge is -2.10. The van der Waals surface area contributed by atoms with Gasteiger partial charge in [-0.05, 0) is 66.7 Å². The van der Waals surface area contributed by atoms with Gasteiger partial charge in [0.2, 0.25) is 0 Å². The zero-order chi connectivity index (χ0) is 20.1. The Morgan fingerprint density at radius 2 is 1.79 bits per heavy atom. The first-order chi connectivity index (χ1) is 13.4. The van der Waals surface area contributed by atoms with Crippen LogP contribution in [0.25, 0.3) is 6.08 Å². The van der Waals surface area contributed by atoms with E-state index >= 15 is 0 Å². The lowest BCUT2D eigenvalue weighted by Crippen LogP contribution is -2.22. The van der Waals surface area contributed by atoms with Gasteiger partial charge in [-0.25, -0.2) is 9.79 Å². The molecule has 2 N–H and O–H groups in total. The minimum absolute atomic E-state index is 0.225. The van der Waals surface area contributed by atoms with Gasteiger partial charge in [-0.3, -0.25) is 4.79 Å². The maximum absolute atomic E-state index is 12.2. The van der Waals surface area contributed by atoms with Crippen LogP contribution < -0.4 is 14.8 Å². The quantitative estimate of drug-likeness (QED) is 0.724. The number of carbonyl (C=O) groups is 2. The smallest absolute Gasteiger partial charge is 0.344 e. The normalized spacial score (nSPS) is 17.4. The maximum atomic E-state index is 12.2. The fraction of sp³-hybridized carbons (Fsp3) is 0.150. The molecular formula is C20H18N2O5S. The number of hydrogen-bond donors (Lipinski definition) is 2. The number of rotatable bonds is 6. The van der Waals surface area contributed by atoms with E-state index in [2.05, 4.69) is 10.3 Å². The van der Waals surface area contributed by atoms with Crippen molar-refractivity contribution in [3.63, 3.8) is 0 Å². The van der Waals surface area contributed by atoms with Crippen molar-refractivity contribution < 1.29 is 24.2 Å². The summed E-state index contributed by atoms with van der Waals surface area (Å²) < 4.78 is 10.4. The van der Waals surface area contributed by atoms with Crippen molar-refractivity contribution in [3.05, 3.63) is 59.0 Å². The van der Waals surface area contributed by atoms with Crippen molar-refractivity contribution in [2.75, 3.05) is 7.11 Å². The highest BCUT2D eigenvalue weighted by atomic mass is 32.2. The molecule has 28 heavy (non-hydrogen) atoms. The van der Waals surface area contributed by atoms with Gasteiger partial charge in [0.15, 0.2) is 11.3 Å². The largest absolute Gasteiger partial charge is 0.497 e. The summed E-state index contributed by atoms with van der Waals surface area (Å²) in [5, 5.41) is 12.1. The number of ether oxygens (including phenoxy) is 2. The highest BCUT2D eigenvalue weighted by Gasteiger charge is 2.23. The first kappa shape index (κ1) is 19.5. The molecule has 8 heteroatoms. The summed E-state index contributed by atoms with van der Waals surface area (Å²) >= 11 is 1.25. The average molecular weight is 398 g/mol. The van der Waals surface area contributed by atoms with Crippen LogP contribution in [0.5, 0.6) is 11.5 Å². The Labute approximate surface area is 166 Å². The van der Waals surface area contributed by atoms with E-state index in [1.165, 1.54) is 18.7 Å². The van der Waals surface area contributed by atoms with Crippen molar-refractivity contribution in [2.24, 2.45) is 4.99 Å². The van der Waals surface area contributed by atoms with Gasteiger partial charge in [0.25, 0.3) is 5.91 Å². The van der Waals surface area contributed by atoms with Crippen molar-refractivity contribution >= 4 is 40.6 Å². The van der Waals surface area contributed by atoms with Gasteiger partial charge in [-0.2, -0.15) is 0 Å². The van der Waals surface area contributed by atoms with E-state index in [0.29, 0.717) is 21.5 Å². The summed E-state index contributed by atoms with van der Waals surface area (Å²) in [7, 11) is 1.59. The molecular weight excluding hydrogens is 380 g/mol. The number of carboxylic acids is 1. The van der Waals surface area contributed by atoms with Crippen LogP contribution in [0.15, 0.2) is 58.4 Å². The fourth-order valence-corrected chi connectivity index (χ4v) is 3.14. The molecule has 3 rings (SSSR count). The molecule has 1 fully saturated rings. The number of nitrogens with zero attached hydrogens (tertiary/aromatic N) is 1. The number of aliphatic carboxylic acids is 1. The number of amidine groups is 1.